The molecule has 1 unspecified atom stereocenters. The van der Waals surface area contributed by atoms with Gasteiger partial charge in [-0.25, -0.2) is 4.79 Å². The quantitative estimate of drug-likeness (QED) is 0.313. The van der Waals surface area contributed by atoms with Crippen molar-refractivity contribution in [3.8, 4) is 5.75 Å². The Hall–Kier alpha value is -3.29. The molecule has 0 aliphatic heterocycles. The zero-order valence-corrected chi connectivity index (χ0v) is 13.7. The maximum Gasteiger partial charge on any atom is 0.387 e. The highest BCUT2D eigenvalue weighted by atomic mass is 19.3. The Morgan fingerprint density at radius 2 is 1.73 bits per heavy atom. The number of alkyl halides is 2. The summed E-state index contributed by atoms with van der Waals surface area (Å²) in [7, 11) is 0. The van der Waals surface area contributed by atoms with Crippen molar-refractivity contribution in [3.05, 3.63) is 75.8 Å². The normalized spacial score (nSPS) is 12.2. The van der Waals surface area contributed by atoms with E-state index >= 15 is 0 Å². The van der Waals surface area contributed by atoms with Gasteiger partial charge in [0.25, 0.3) is 5.69 Å². The Morgan fingerprint density at radius 1 is 1.12 bits per heavy atom. The zero-order chi connectivity index (χ0) is 19.1. The van der Waals surface area contributed by atoms with Crippen molar-refractivity contribution in [3.63, 3.8) is 0 Å². The van der Waals surface area contributed by atoms with Gasteiger partial charge in [0.15, 0.2) is 0 Å². The van der Waals surface area contributed by atoms with E-state index in [2.05, 4.69) is 4.74 Å². The van der Waals surface area contributed by atoms with Gasteiger partial charge in [-0.1, -0.05) is 12.1 Å². The fourth-order valence-electron chi connectivity index (χ4n) is 2.07. The predicted molar refractivity (Wildman–Crippen MR) is 89.7 cm³/mol. The van der Waals surface area contributed by atoms with Crippen LogP contribution in [0.4, 0.5) is 14.5 Å². The summed E-state index contributed by atoms with van der Waals surface area (Å²) in [5.41, 5.74) is 1.18. The van der Waals surface area contributed by atoms with Gasteiger partial charge in [-0.2, -0.15) is 8.78 Å². The molecule has 2 rings (SSSR count). The molecule has 0 aromatic heterocycles. The second kappa shape index (κ2) is 8.70. The van der Waals surface area contributed by atoms with Crippen LogP contribution in [-0.2, 0) is 9.53 Å². The molecule has 1 atom stereocenters. The second-order valence-corrected chi connectivity index (χ2v) is 5.21. The average molecular weight is 363 g/mol. The Balaban J connectivity index is 1.92. The Kier molecular flexibility index (Phi) is 6.37. The number of carbonyl (C=O) groups excluding carboxylic acids is 1. The topological polar surface area (TPSA) is 78.7 Å². The van der Waals surface area contributed by atoms with Crippen LogP contribution in [0.3, 0.4) is 0 Å². The number of halogens is 2. The fraction of sp³-hybridized carbons (Fsp3) is 0.167. The van der Waals surface area contributed by atoms with Crippen molar-refractivity contribution in [1.29, 1.82) is 0 Å². The molecule has 2 aromatic rings. The highest BCUT2D eigenvalue weighted by molar-refractivity contribution is 5.87. The van der Waals surface area contributed by atoms with Gasteiger partial charge in [0, 0.05) is 18.2 Å². The highest BCUT2D eigenvalue weighted by Crippen LogP contribution is 2.22. The summed E-state index contributed by atoms with van der Waals surface area (Å²) in [5.74, 6) is -0.593. The van der Waals surface area contributed by atoms with E-state index in [1.807, 2.05) is 0 Å². The summed E-state index contributed by atoms with van der Waals surface area (Å²) in [6.45, 7) is -1.26. The monoisotopic (exact) mass is 363 g/mol. The first-order valence-corrected chi connectivity index (χ1v) is 7.53. The molecule has 0 aliphatic carbocycles. The van der Waals surface area contributed by atoms with Crippen LogP contribution in [0.15, 0.2) is 54.6 Å². The van der Waals surface area contributed by atoms with Crippen molar-refractivity contribution < 1.29 is 28.0 Å². The molecule has 0 radical (unpaired) electrons. The number of esters is 1. The van der Waals surface area contributed by atoms with Crippen LogP contribution in [0.5, 0.6) is 5.75 Å². The van der Waals surface area contributed by atoms with E-state index in [9.17, 15) is 23.7 Å². The molecular weight excluding hydrogens is 348 g/mol. The Bertz CT molecular complexity index is 788. The van der Waals surface area contributed by atoms with Crippen LogP contribution >= 0.6 is 0 Å². The third-order valence-electron chi connectivity index (χ3n) is 3.38. The predicted octanol–water partition coefficient (Wildman–Crippen LogP) is 4.51. The molecule has 0 amide bonds. The number of ether oxygens (including phenoxy) is 2. The third kappa shape index (κ3) is 5.66. The first kappa shape index (κ1) is 19.0. The smallest absolute Gasteiger partial charge is 0.387 e. The average Bonchev–Trinajstić information content (AvgIpc) is 2.60. The lowest BCUT2D eigenvalue weighted by Crippen LogP contribution is -2.06. The largest absolute Gasteiger partial charge is 0.455 e. The molecule has 0 saturated heterocycles. The molecule has 0 bridgehead atoms. The van der Waals surface area contributed by atoms with Crippen LogP contribution in [0.1, 0.15) is 24.2 Å². The van der Waals surface area contributed by atoms with E-state index in [1.54, 1.807) is 6.92 Å². The number of hydrogen-bond donors (Lipinski definition) is 0. The fourth-order valence-corrected chi connectivity index (χ4v) is 2.07. The van der Waals surface area contributed by atoms with Gasteiger partial charge in [0.1, 0.15) is 11.9 Å². The molecule has 26 heavy (non-hydrogen) atoms. The first-order valence-electron chi connectivity index (χ1n) is 7.53. The van der Waals surface area contributed by atoms with Crippen LogP contribution < -0.4 is 4.74 Å². The summed E-state index contributed by atoms with van der Waals surface area (Å²) in [5, 5.41) is 10.6. The lowest BCUT2D eigenvalue weighted by atomic mass is 10.1. The summed E-state index contributed by atoms with van der Waals surface area (Å²) in [6.07, 6.45) is 2.08. The van der Waals surface area contributed by atoms with Gasteiger partial charge in [-0.15, -0.1) is 0 Å². The van der Waals surface area contributed by atoms with E-state index in [0.717, 1.165) is 0 Å². The number of hydrogen-bond acceptors (Lipinski definition) is 5. The van der Waals surface area contributed by atoms with E-state index in [1.165, 1.54) is 60.7 Å². The van der Waals surface area contributed by atoms with Gasteiger partial charge < -0.3 is 9.47 Å². The number of nitrogens with zero attached hydrogens (tertiary/aromatic N) is 1. The van der Waals surface area contributed by atoms with Crippen LogP contribution in [0.25, 0.3) is 6.08 Å². The molecule has 0 saturated carbocycles. The number of benzene rings is 2. The van der Waals surface area contributed by atoms with Crippen LogP contribution in [0, 0.1) is 10.1 Å². The molecule has 0 N–H and O–H groups in total. The van der Waals surface area contributed by atoms with Crippen molar-refractivity contribution >= 4 is 17.7 Å². The Labute approximate surface area is 147 Å². The number of rotatable bonds is 7. The minimum absolute atomic E-state index is 0.0142. The summed E-state index contributed by atoms with van der Waals surface area (Å²) >= 11 is 0. The molecule has 0 aliphatic rings. The second-order valence-electron chi connectivity index (χ2n) is 5.21. The molecule has 136 valence electrons. The van der Waals surface area contributed by atoms with E-state index in [-0.39, 0.29) is 11.4 Å². The number of nitro benzene ring substituents is 1. The van der Waals surface area contributed by atoms with Crippen LogP contribution in [-0.4, -0.2) is 17.5 Å². The SMILES string of the molecule is CC(OC(=O)C=Cc1ccc([N+](=O)[O-])cc1)c1ccc(OC(F)F)cc1. The molecule has 0 fully saturated rings. The van der Waals surface area contributed by atoms with Crippen molar-refractivity contribution in [1.82, 2.24) is 0 Å². The minimum Gasteiger partial charge on any atom is -0.455 e. The molecular formula is C18H15F2NO5. The van der Waals surface area contributed by atoms with Crippen molar-refractivity contribution in [2.45, 2.75) is 19.6 Å². The van der Waals surface area contributed by atoms with Gasteiger partial charge in [0.05, 0.1) is 4.92 Å². The van der Waals surface area contributed by atoms with E-state index in [0.29, 0.717) is 11.1 Å². The first-order chi connectivity index (χ1) is 12.3. The third-order valence-corrected chi connectivity index (χ3v) is 3.38. The Morgan fingerprint density at radius 3 is 2.27 bits per heavy atom. The van der Waals surface area contributed by atoms with E-state index in [4.69, 9.17) is 4.74 Å². The van der Waals surface area contributed by atoms with Gasteiger partial charge in [0.2, 0.25) is 0 Å². The summed E-state index contributed by atoms with van der Waals surface area (Å²) in [6, 6.07) is 11.4. The van der Waals surface area contributed by atoms with Crippen molar-refractivity contribution in [2.24, 2.45) is 0 Å². The molecule has 2 aromatic carbocycles. The number of carbonyl (C=O) groups is 1. The minimum atomic E-state index is -2.90. The summed E-state index contributed by atoms with van der Waals surface area (Å²) in [4.78, 5) is 21.9. The number of nitro groups is 1. The summed E-state index contributed by atoms with van der Waals surface area (Å²) < 4.78 is 33.7. The molecule has 8 heteroatoms. The lowest BCUT2D eigenvalue weighted by Gasteiger charge is -2.13. The van der Waals surface area contributed by atoms with Gasteiger partial charge in [-0.3, -0.25) is 10.1 Å². The van der Waals surface area contributed by atoms with E-state index < -0.39 is 23.6 Å². The van der Waals surface area contributed by atoms with Gasteiger partial charge in [-0.05, 0) is 48.4 Å². The standard InChI is InChI=1S/C18H15F2NO5/c1-12(14-5-9-16(10-6-14)26-18(19)20)25-17(22)11-4-13-2-7-15(8-3-13)21(23)24/h2-12,18H,1H3. The number of non-ortho nitro benzene ring substituents is 1. The maximum absolute atomic E-state index is 12.1. The maximum atomic E-state index is 12.1. The van der Waals surface area contributed by atoms with Crippen molar-refractivity contribution in [2.75, 3.05) is 0 Å². The van der Waals surface area contributed by atoms with Crippen LogP contribution in [0.2, 0.25) is 0 Å². The molecule has 6 nitrogen and oxygen atoms in total. The molecule has 0 heterocycles. The lowest BCUT2D eigenvalue weighted by molar-refractivity contribution is -0.384. The van der Waals surface area contributed by atoms with Gasteiger partial charge >= 0.3 is 12.6 Å². The highest BCUT2D eigenvalue weighted by Gasteiger charge is 2.11. The molecule has 0 spiro atoms. The zero-order valence-electron chi connectivity index (χ0n) is 13.7.